The molecule has 2 atom stereocenters. The van der Waals surface area contributed by atoms with E-state index in [1.807, 2.05) is 18.5 Å². The van der Waals surface area contributed by atoms with Crippen LogP contribution in [0.15, 0.2) is 18.6 Å². The van der Waals surface area contributed by atoms with Gasteiger partial charge < -0.3 is 29.7 Å². The minimum Gasteiger partial charge on any atom is -0.465 e. The zero-order valence-corrected chi connectivity index (χ0v) is 19.8. The molecule has 0 unspecified atom stereocenters. The lowest BCUT2D eigenvalue weighted by molar-refractivity contribution is 0.128. The average Bonchev–Trinajstić information content (AvgIpc) is 3.57. The minimum atomic E-state index is -0.880. The second-order valence-electron chi connectivity index (χ2n) is 8.42. The molecule has 5 heterocycles. The number of likely N-dealkylation sites (tertiary alicyclic amines) is 1. The van der Waals surface area contributed by atoms with E-state index in [0.717, 1.165) is 11.9 Å². The Morgan fingerprint density at radius 3 is 2.74 bits per heavy atom. The van der Waals surface area contributed by atoms with Crippen LogP contribution in [0.4, 0.5) is 22.4 Å². The molecule has 1 amide bonds. The monoisotopic (exact) mass is 483 g/mol. The highest BCUT2D eigenvalue weighted by Crippen LogP contribution is 2.36. The average molecular weight is 484 g/mol. The van der Waals surface area contributed by atoms with Gasteiger partial charge in [0.15, 0.2) is 5.82 Å². The SMILES string of the molecule is CCOCCn1nc(COCC)c2nc(N3C[C@@H]4C[C@H]3CN4C(=O)O)nc(Nc3ccncn3)c21. The Labute approximate surface area is 202 Å². The van der Waals surface area contributed by atoms with Crippen LogP contribution >= 0.6 is 0 Å². The molecule has 2 aliphatic heterocycles. The second-order valence-corrected chi connectivity index (χ2v) is 8.42. The molecule has 0 saturated carbocycles. The number of hydrogen-bond donors (Lipinski definition) is 2. The van der Waals surface area contributed by atoms with E-state index < -0.39 is 6.09 Å². The number of nitrogens with zero attached hydrogens (tertiary/aromatic N) is 8. The molecule has 0 aliphatic carbocycles. The Bertz CT molecular complexity index is 1190. The fourth-order valence-corrected chi connectivity index (χ4v) is 4.73. The fourth-order valence-electron chi connectivity index (χ4n) is 4.73. The number of piperazine rings is 1. The van der Waals surface area contributed by atoms with Crippen molar-refractivity contribution < 1.29 is 19.4 Å². The zero-order chi connectivity index (χ0) is 24.4. The van der Waals surface area contributed by atoms with E-state index in [1.54, 1.807) is 12.3 Å². The molecule has 3 aromatic heterocycles. The lowest BCUT2D eigenvalue weighted by Gasteiger charge is -2.32. The number of anilines is 3. The third-order valence-electron chi connectivity index (χ3n) is 6.31. The van der Waals surface area contributed by atoms with Gasteiger partial charge in [0.1, 0.15) is 28.9 Å². The van der Waals surface area contributed by atoms with Crippen molar-refractivity contribution in [1.29, 1.82) is 0 Å². The predicted molar refractivity (Wildman–Crippen MR) is 127 cm³/mol. The smallest absolute Gasteiger partial charge is 0.407 e. The number of hydrogen-bond acceptors (Lipinski definition) is 10. The van der Waals surface area contributed by atoms with Crippen LogP contribution in [0.25, 0.3) is 11.0 Å². The molecule has 5 rings (SSSR count). The van der Waals surface area contributed by atoms with E-state index in [2.05, 4.69) is 20.2 Å². The maximum atomic E-state index is 11.5. The summed E-state index contributed by atoms with van der Waals surface area (Å²) in [4.78, 5) is 33.2. The lowest BCUT2D eigenvalue weighted by Crippen LogP contribution is -2.48. The summed E-state index contributed by atoms with van der Waals surface area (Å²) in [6.07, 6.45) is 3.01. The summed E-state index contributed by atoms with van der Waals surface area (Å²) in [5.74, 6) is 1.69. The third kappa shape index (κ3) is 4.56. The molecule has 13 nitrogen and oxygen atoms in total. The summed E-state index contributed by atoms with van der Waals surface area (Å²) < 4.78 is 13.1. The van der Waals surface area contributed by atoms with Gasteiger partial charge in [-0.15, -0.1) is 0 Å². The van der Waals surface area contributed by atoms with E-state index >= 15 is 0 Å². The molecule has 2 N–H and O–H groups in total. The van der Waals surface area contributed by atoms with Crippen molar-refractivity contribution in [2.24, 2.45) is 0 Å². The van der Waals surface area contributed by atoms with Crippen LogP contribution in [0, 0.1) is 0 Å². The van der Waals surface area contributed by atoms with Crippen molar-refractivity contribution in [2.45, 2.75) is 45.5 Å². The first-order valence-corrected chi connectivity index (χ1v) is 11.8. The van der Waals surface area contributed by atoms with Gasteiger partial charge >= 0.3 is 6.09 Å². The summed E-state index contributed by atoms with van der Waals surface area (Å²) in [6.45, 7) is 7.39. The minimum absolute atomic E-state index is 0.0313. The largest absolute Gasteiger partial charge is 0.465 e. The topological polar surface area (TPSA) is 144 Å². The highest BCUT2D eigenvalue weighted by Gasteiger charge is 2.46. The van der Waals surface area contributed by atoms with Crippen molar-refractivity contribution in [3.05, 3.63) is 24.3 Å². The van der Waals surface area contributed by atoms with E-state index in [4.69, 9.17) is 24.5 Å². The normalized spacial score (nSPS) is 19.1. The number of amides is 1. The summed E-state index contributed by atoms with van der Waals surface area (Å²) in [5, 5.41) is 17.6. The first-order valence-electron chi connectivity index (χ1n) is 11.8. The molecule has 2 bridgehead atoms. The Kier molecular flexibility index (Phi) is 6.59. The van der Waals surface area contributed by atoms with Gasteiger partial charge in [0, 0.05) is 32.5 Å². The van der Waals surface area contributed by atoms with Crippen molar-refractivity contribution in [3.63, 3.8) is 0 Å². The van der Waals surface area contributed by atoms with E-state index in [0.29, 0.717) is 74.9 Å². The first kappa shape index (κ1) is 23.2. The Morgan fingerprint density at radius 1 is 1.20 bits per heavy atom. The van der Waals surface area contributed by atoms with Crippen molar-refractivity contribution in [3.8, 4) is 0 Å². The van der Waals surface area contributed by atoms with Crippen LogP contribution in [0.5, 0.6) is 0 Å². The number of nitrogens with one attached hydrogen (secondary N) is 1. The summed E-state index contributed by atoms with van der Waals surface area (Å²) in [6, 6.07) is 1.73. The lowest BCUT2D eigenvalue weighted by atomic mass is 10.2. The molecule has 2 fully saturated rings. The predicted octanol–water partition coefficient (Wildman–Crippen LogP) is 1.87. The van der Waals surface area contributed by atoms with Crippen LogP contribution in [0.2, 0.25) is 0 Å². The molecule has 35 heavy (non-hydrogen) atoms. The summed E-state index contributed by atoms with van der Waals surface area (Å²) >= 11 is 0. The molecular weight excluding hydrogens is 454 g/mol. The van der Waals surface area contributed by atoms with Gasteiger partial charge in [0.2, 0.25) is 5.95 Å². The fraction of sp³-hybridized carbons (Fsp3) is 0.545. The molecule has 0 aromatic carbocycles. The molecule has 0 radical (unpaired) electrons. The number of rotatable bonds is 10. The number of aromatic nitrogens is 6. The summed E-state index contributed by atoms with van der Waals surface area (Å²) in [7, 11) is 0. The van der Waals surface area contributed by atoms with Crippen LogP contribution < -0.4 is 10.2 Å². The van der Waals surface area contributed by atoms with Crippen molar-refractivity contribution >= 4 is 34.7 Å². The van der Waals surface area contributed by atoms with Gasteiger partial charge in [-0.25, -0.2) is 19.7 Å². The van der Waals surface area contributed by atoms with Gasteiger partial charge in [-0.05, 0) is 26.3 Å². The molecule has 2 aliphatic rings. The number of ether oxygens (including phenoxy) is 2. The summed E-state index contributed by atoms with van der Waals surface area (Å²) in [5.41, 5.74) is 2.14. The Hall–Kier alpha value is -3.58. The standard InChI is InChI=1S/C22H29N9O4/c1-3-34-8-7-31-19-18(16(28-31)12-35-4-2)26-21(27-20(19)25-17-5-6-23-13-24-17)29-10-15-9-14(29)11-30(15)22(32)33/h5-6,13-15H,3-4,7-12H2,1-2H3,(H,32,33)(H,23,24,25,26,27)/t14-,15-/m0/s1. The van der Waals surface area contributed by atoms with Gasteiger partial charge in [-0.3, -0.25) is 4.68 Å². The quantitative estimate of drug-likeness (QED) is 0.408. The second kappa shape index (κ2) is 9.96. The molecule has 13 heteroatoms. The van der Waals surface area contributed by atoms with Gasteiger partial charge in [0.25, 0.3) is 0 Å². The van der Waals surface area contributed by atoms with Crippen molar-refractivity contribution in [1.82, 2.24) is 34.6 Å². The van der Waals surface area contributed by atoms with E-state index in [9.17, 15) is 9.90 Å². The maximum absolute atomic E-state index is 11.5. The molecular formula is C22H29N9O4. The highest BCUT2D eigenvalue weighted by atomic mass is 16.5. The molecule has 186 valence electrons. The van der Waals surface area contributed by atoms with Crippen LogP contribution in [-0.2, 0) is 22.6 Å². The van der Waals surface area contributed by atoms with Gasteiger partial charge in [-0.1, -0.05) is 0 Å². The van der Waals surface area contributed by atoms with Crippen LogP contribution in [-0.4, -0.2) is 90.8 Å². The molecule has 3 aromatic rings. The van der Waals surface area contributed by atoms with E-state index in [1.165, 1.54) is 11.2 Å². The first-order chi connectivity index (χ1) is 17.1. The molecule has 0 spiro atoms. The van der Waals surface area contributed by atoms with Crippen LogP contribution in [0.1, 0.15) is 26.0 Å². The third-order valence-corrected chi connectivity index (χ3v) is 6.31. The number of fused-ring (bicyclic) bond motifs is 3. The van der Waals surface area contributed by atoms with E-state index in [-0.39, 0.29) is 12.1 Å². The maximum Gasteiger partial charge on any atom is 0.407 e. The van der Waals surface area contributed by atoms with Crippen LogP contribution in [0.3, 0.4) is 0 Å². The van der Waals surface area contributed by atoms with Gasteiger partial charge in [-0.2, -0.15) is 10.1 Å². The molecule has 2 saturated heterocycles. The number of carboxylic acid groups (broad SMARTS) is 1. The van der Waals surface area contributed by atoms with Gasteiger partial charge in [0.05, 0.1) is 31.8 Å². The van der Waals surface area contributed by atoms with Crippen molar-refractivity contribution in [2.75, 3.05) is 43.1 Å². The zero-order valence-electron chi connectivity index (χ0n) is 19.8. The Morgan fingerprint density at radius 2 is 2.06 bits per heavy atom. The number of carbonyl (C=O) groups is 1. The highest BCUT2D eigenvalue weighted by molar-refractivity contribution is 5.90. The Balaban J connectivity index is 1.57.